The Kier molecular flexibility index (Phi) is 1.59. The summed E-state index contributed by atoms with van der Waals surface area (Å²) in [6.07, 6.45) is 4.24. The average molecular weight is 150 g/mol. The topological polar surface area (TPSA) is 0 Å². The number of hydrogen-bond donors (Lipinski definition) is 0. The van der Waals surface area contributed by atoms with Crippen LogP contribution in [0.2, 0.25) is 0 Å². The molecule has 2 fully saturated rings. The Morgan fingerprint density at radius 3 is 2.27 bits per heavy atom. The Balaban J connectivity index is 1.94. The summed E-state index contributed by atoms with van der Waals surface area (Å²) in [4.78, 5) is 0. The Morgan fingerprint density at radius 2 is 1.91 bits per heavy atom. The molecule has 2 saturated carbocycles. The van der Waals surface area contributed by atoms with Gasteiger partial charge in [-0.1, -0.05) is 26.0 Å². The molecule has 4 atom stereocenters. The van der Waals surface area contributed by atoms with E-state index in [1.54, 1.807) is 0 Å². The zero-order valence-electron chi connectivity index (χ0n) is 7.64. The van der Waals surface area contributed by atoms with Gasteiger partial charge in [-0.15, -0.1) is 0 Å². The largest absolute Gasteiger partial charge is 0.0996 e. The van der Waals surface area contributed by atoms with Crippen LogP contribution in [0, 0.1) is 23.7 Å². The summed E-state index contributed by atoms with van der Waals surface area (Å²) in [6.45, 7) is 8.83. The molecule has 0 aromatic carbocycles. The van der Waals surface area contributed by atoms with Crippen LogP contribution in [0.4, 0.5) is 0 Å². The monoisotopic (exact) mass is 150 g/mol. The van der Waals surface area contributed by atoms with Crippen LogP contribution in [0.25, 0.3) is 0 Å². The minimum Gasteiger partial charge on any atom is -0.0996 e. The lowest BCUT2D eigenvalue weighted by atomic mass is 10.00. The van der Waals surface area contributed by atoms with Crippen LogP contribution >= 0.6 is 0 Å². The van der Waals surface area contributed by atoms with Crippen molar-refractivity contribution in [3.05, 3.63) is 12.2 Å². The van der Waals surface area contributed by atoms with Crippen molar-refractivity contribution in [3.8, 4) is 0 Å². The lowest BCUT2D eigenvalue weighted by Crippen LogP contribution is -1.97. The van der Waals surface area contributed by atoms with Gasteiger partial charge in [-0.05, 0) is 42.9 Å². The highest BCUT2D eigenvalue weighted by Crippen LogP contribution is 2.52. The molecule has 0 spiro atoms. The van der Waals surface area contributed by atoms with Crippen LogP contribution in [0.5, 0.6) is 0 Å². The Bertz CT molecular complexity index is 180. The molecule has 2 aliphatic carbocycles. The second-order valence-electron chi connectivity index (χ2n) is 4.64. The predicted molar refractivity (Wildman–Crippen MR) is 48.3 cm³/mol. The summed E-state index contributed by atoms with van der Waals surface area (Å²) >= 11 is 0. The second kappa shape index (κ2) is 2.36. The molecular formula is C11H18. The van der Waals surface area contributed by atoms with E-state index in [1.165, 1.54) is 24.8 Å². The van der Waals surface area contributed by atoms with E-state index in [4.69, 9.17) is 0 Å². The Morgan fingerprint density at radius 1 is 1.27 bits per heavy atom. The lowest BCUT2D eigenvalue weighted by molar-refractivity contribution is 0.439. The van der Waals surface area contributed by atoms with E-state index >= 15 is 0 Å². The van der Waals surface area contributed by atoms with Crippen molar-refractivity contribution in [3.63, 3.8) is 0 Å². The van der Waals surface area contributed by atoms with E-state index in [0.717, 1.165) is 23.7 Å². The molecular weight excluding hydrogens is 132 g/mol. The van der Waals surface area contributed by atoms with Gasteiger partial charge in [0.1, 0.15) is 0 Å². The first-order valence-electron chi connectivity index (χ1n) is 4.86. The number of allylic oxidation sites excluding steroid dienone is 1. The smallest absolute Gasteiger partial charge is 0.0231 e. The molecule has 0 aromatic rings. The molecule has 11 heavy (non-hydrogen) atoms. The fourth-order valence-electron chi connectivity index (χ4n) is 2.58. The minimum absolute atomic E-state index is 0.813. The molecule has 62 valence electrons. The predicted octanol–water partition coefficient (Wildman–Crippen LogP) is 3.24. The van der Waals surface area contributed by atoms with Crippen LogP contribution in [0.15, 0.2) is 12.2 Å². The molecule has 0 radical (unpaired) electrons. The summed E-state index contributed by atoms with van der Waals surface area (Å²) in [6, 6.07) is 0. The zero-order valence-corrected chi connectivity index (χ0v) is 7.64. The summed E-state index contributed by atoms with van der Waals surface area (Å²) in [5, 5.41) is 0. The molecule has 0 N–H and O–H groups in total. The van der Waals surface area contributed by atoms with Gasteiger partial charge in [0.25, 0.3) is 0 Å². The standard InChI is InChI=1S/C11H18/c1-7-4-10(5-8(7)2)11-6-9(11)3/h8-11H,1,4-6H2,2-3H3. The third-order valence-electron chi connectivity index (χ3n) is 3.65. The summed E-state index contributed by atoms with van der Waals surface area (Å²) < 4.78 is 0. The molecule has 2 aliphatic rings. The molecule has 0 nitrogen and oxygen atoms in total. The maximum Gasteiger partial charge on any atom is -0.0231 e. The first kappa shape index (κ1) is 7.39. The molecule has 2 rings (SSSR count). The zero-order chi connectivity index (χ0) is 8.01. The van der Waals surface area contributed by atoms with Gasteiger partial charge in [0.15, 0.2) is 0 Å². The normalized spacial score (nSPS) is 49.8. The van der Waals surface area contributed by atoms with Crippen molar-refractivity contribution in [2.75, 3.05) is 0 Å². The van der Waals surface area contributed by atoms with Crippen molar-refractivity contribution in [2.24, 2.45) is 23.7 Å². The van der Waals surface area contributed by atoms with E-state index in [2.05, 4.69) is 20.4 Å². The molecule has 0 bridgehead atoms. The Labute approximate surface area is 69.7 Å². The van der Waals surface area contributed by atoms with Crippen LogP contribution < -0.4 is 0 Å². The molecule has 0 aromatic heterocycles. The van der Waals surface area contributed by atoms with Crippen molar-refractivity contribution >= 4 is 0 Å². The van der Waals surface area contributed by atoms with Crippen LogP contribution in [0.1, 0.15) is 33.1 Å². The SMILES string of the molecule is C=C1CC(C2CC2C)CC1C. The van der Waals surface area contributed by atoms with Crippen molar-refractivity contribution in [2.45, 2.75) is 33.1 Å². The van der Waals surface area contributed by atoms with Gasteiger partial charge in [-0.3, -0.25) is 0 Å². The fourth-order valence-corrected chi connectivity index (χ4v) is 2.58. The van der Waals surface area contributed by atoms with Crippen molar-refractivity contribution < 1.29 is 0 Å². The first-order chi connectivity index (χ1) is 5.18. The van der Waals surface area contributed by atoms with Gasteiger partial charge in [0, 0.05) is 0 Å². The lowest BCUT2D eigenvalue weighted by Gasteiger charge is -2.05. The third-order valence-corrected chi connectivity index (χ3v) is 3.65. The van der Waals surface area contributed by atoms with E-state index in [-0.39, 0.29) is 0 Å². The van der Waals surface area contributed by atoms with Gasteiger partial charge in [-0.25, -0.2) is 0 Å². The molecule has 0 amide bonds. The third kappa shape index (κ3) is 1.23. The molecule has 0 heterocycles. The van der Waals surface area contributed by atoms with Gasteiger partial charge >= 0.3 is 0 Å². The van der Waals surface area contributed by atoms with Gasteiger partial charge in [0.05, 0.1) is 0 Å². The number of hydrogen-bond acceptors (Lipinski definition) is 0. The maximum absolute atomic E-state index is 4.12. The van der Waals surface area contributed by atoms with Crippen molar-refractivity contribution in [1.29, 1.82) is 0 Å². The highest BCUT2D eigenvalue weighted by atomic mass is 14.5. The summed E-state index contributed by atoms with van der Waals surface area (Å²) in [7, 11) is 0. The fraction of sp³-hybridized carbons (Fsp3) is 0.818. The molecule has 0 saturated heterocycles. The van der Waals surface area contributed by atoms with E-state index < -0.39 is 0 Å². The average Bonchev–Trinajstić information content (AvgIpc) is 2.56. The van der Waals surface area contributed by atoms with Gasteiger partial charge in [-0.2, -0.15) is 0 Å². The van der Waals surface area contributed by atoms with Crippen LogP contribution in [0.3, 0.4) is 0 Å². The highest BCUT2D eigenvalue weighted by Gasteiger charge is 2.42. The van der Waals surface area contributed by atoms with Crippen LogP contribution in [-0.2, 0) is 0 Å². The van der Waals surface area contributed by atoms with E-state index in [1.807, 2.05) is 0 Å². The molecule has 0 aliphatic heterocycles. The number of rotatable bonds is 1. The summed E-state index contributed by atoms with van der Waals surface area (Å²) in [5.41, 5.74) is 1.51. The maximum atomic E-state index is 4.12. The van der Waals surface area contributed by atoms with E-state index in [9.17, 15) is 0 Å². The second-order valence-corrected chi connectivity index (χ2v) is 4.64. The molecule has 0 heteroatoms. The van der Waals surface area contributed by atoms with Gasteiger partial charge in [0.2, 0.25) is 0 Å². The summed E-state index contributed by atoms with van der Waals surface area (Å²) in [5.74, 6) is 3.91. The Hall–Kier alpha value is -0.260. The molecule has 4 unspecified atom stereocenters. The first-order valence-corrected chi connectivity index (χ1v) is 4.86. The van der Waals surface area contributed by atoms with E-state index in [0.29, 0.717) is 0 Å². The van der Waals surface area contributed by atoms with Crippen LogP contribution in [-0.4, -0.2) is 0 Å². The highest BCUT2D eigenvalue weighted by molar-refractivity contribution is 5.10. The quantitative estimate of drug-likeness (QED) is 0.503. The van der Waals surface area contributed by atoms with Gasteiger partial charge < -0.3 is 0 Å². The minimum atomic E-state index is 0.813. The van der Waals surface area contributed by atoms with Crippen molar-refractivity contribution in [1.82, 2.24) is 0 Å².